The lowest BCUT2D eigenvalue weighted by Crippen LogP contribution is -2.31. The van der Waals surface area contributed by atoms with Crippen molar-refractivity contribution >= 4 is 17.6 Å². The summed E-state index contributed by atoms with van der Waals surface area (Å²) in [5, 5.41) is -3.87. The minimum atomic E-state index is -3.87. The van der Waals surface area contributed by atoms with Crippen LogP contribution in [0.2, 0.25) is 0 Å². The molecule has 80 valence electrons. The van der Waals surface area contributed by atoms with Gasteiger partial charge in [0.15, 0.2) is 0 Å². The fourth-order valence-electron chi connectivity index (χ4n) is 1.62. The molecule has 2 nitrogen and oxygen atoms in total. The SMILES string of the molecule is O=C(OC(C1CC1)C1CC1)C(F)(F)Cl. The normalized spacial score (nSPS) is 22.6. The van der Waals surface area contributed by atoms with Crippen LogP contribution in [0.1, 0.15) is 25.7 Å². The van der Waals surface area contributed by atoms with Crippen LogP contribution in [0.15, 0.2) is 0 Å². The standard InChI is InChI=1S/C9H11ClF2O2/c10-9(11,12)8(13)14-7(5-1-2-5)6-3-4-6/h5-7H,1-4H2. The first-order valence-electron chi connectivity index (χ1n) is 4.76. The Morgan fingerprint density at radius 1 is 1.29 bits per heavy atom. The molecule has 0 unspecified atom stereocenters. The first-order chi connectivity index (χ1) is 6.48. The number of carbonyl (C=O) groups excluding carboxylic acids is 1. The summed E-state index contributed by atoms with van der Waals surface area (Å²) < 4.78 is 29.4. The molecule has 0 N–H and O–H groups in total. The summed E-state index contributed by atoms with van der Waals surface area (Å²) in [6, 6.07) is 0. The van der Waals surface area contributed by atoms with Gasteiger partial charge in [-0.15, -0.1) is 0 Å². The number of alkyl halides is 3. The lowest BCUT2D eigenvalue weighted by molar-refractivity contribution is -0.169. The van der Waals surface area contributed by atoms with Gasteiger partial charge in [-0.2, -0.15) is 8.78 Å². The van der Waals surface area contributed by atoms with Crippen molar-refractivity contribution in [3.8, 4) is 0 Å². The Balaban J connectivity index is 1.90. The molecule has 0 aromatic rings. The maximum absolute atomic E-state index is 12.3. The van der Waals surface area contributed by atoms with E-state index in [1.54, 1.807) is 0 Å². The van der Waals surface area contributed by atoms with Gasteiger partial charge < -0.3 is 4.74 Å². The third kappa shape index (κ3) is 2.35. The minimum Gasteiger partial charge on any atom is -0.456 e. The summed E-state index contributed by atoms with van der Waals surface area (Å²) >= 11 is 4.57. The third-order valence-corrected chi connectivity index (χ3v) is 2.80. The summed E-state index contributed by atoms with van der Waals surface area (Å²) in [5.41, 5.74) is 0. The Labute approximate surface area is 85.6 Å². The molecule has 0 radical (unpaired) electrons. The van der Waals surface area contributed by atoms with Crippen molar-refractivity contribution in [1.29, 1.82) is 0 Å². The van der Waals surface area contributed by atoms with Gasteiger partial charge in [-0.05, 0) is 49.1 Å². The first kappa shape index (κ1) is 10.1. The Bertz CT molecular complexity index is 232. The van der Waals surface area contributed by atoms with Crippen LogP contribution in [0.5, 0.6) is 0 Å². The predicted molar refractivity (Wildman–Crippen MR) is 46.1 cm³/mol. The molecule has 2 fully saturated rings. The molecule has 2 rings (SSSR count). The number of hydrogen-bond donors (Lipinski definition) is 0. The molecular formula is C9H11ClF2O2. The number of rotatable bonds is 4. The Morgan fingerprint density at radius 2 is 1.71 bits per heavy atom. The molecule has 0 amide bonds. The van der Waals surface area contributed by atoms with Crippen molar-refractivity contribution in [2.45, 2.75) is 37.2 Å². The van der Waals surface area contributed by atoms with Crippen molar-refractivity contribution < 1.29 is 18.3 Å². The summed E-state index contributed by atoms with van der Waals surface area (Å²) in [4.78, 5) is 10.8. The zero-order chi connectivity index (χ0) is 10.3. The van der Waals surface area contributed by atoms with Crippen LogP contribution < -0.4 is 0 Å². The van der Waals surface area contributed by atoms with E-state index in [4.69, 9.17) is 4.74 Å². The van der Waals surface area contributed by atoms with E-state index in [-0.39, 0.29) is 6.10 Å². The van der Waals surface area contributed by atoms with Gasteiger partial charge in [-0.1, -0.05) is 0 Å². The highest BCUT2D eigenvalue weighted by Gasteiger charge is 2.48. The molecule has 2 aliphatic carbocycles. The van der Waals surface area contributed by atoms with Crippen molar-refractivity contribution in [3.63, 3.8) is 0 Å². The van der Waals surface area contributed by atoms with E-state index in [2.05, 4.69) is 11.6 Å². The van der Waals surface area contributed by atoms with Gasteiger partial charge in [0.1, 0.15) is 6.10 Å². The molecule has 0 atom stereocenters. The molecule has 2 aliphatic rings. The fraction of sp³-hybridized carbons (Fsp3) is 0.889. The molecule has 0 spiro atoms. The van der Waals surface area contributed by atoms with E-state index < -0.39 is 11.4 Å². The van der Waals surface area contributed by atoms with Crippen molar-refractivity contribution in [3.05, 3.63) is 0 Å². The molecular weight excluding hydrogens is 214 g/mol. The number of halogens is 3. The minimum absolute atomic E-state index is 0.297. The van der Waals surface area contributed by atoms with Crippen molar-refractivity contribution in [2.75, 3.05) is 0 Å². The Hall–Kier alpha value is -0.380. The molecule has 0 aliphatic heterocycles. The van der Waals surface area contributed by atoms with Gasteiger partial charge in [0.2, 0.25) is 0 Å². The van der Waals surface area contributed by atoms with Crippen LogP contribution in [0.3, 0.4) is 0 Å². The second-order valence-corrected chi connectivity index (χ2v) is 4.52. The van der Waals surface area contributed by atoms with E-state index in [1.165, 1.54) is 0 Å². The second kappa shape index (κ2) is 3.33. The number of hydrogen-bond acceptors (Lipinski definition) is 2. The third-order valence-electron chi connectivity index (χ3n) is 2.65. The fourth-order valence-corrected chi connectivity index (χ4v) is 1.66. The van der Waals surface area contributed by atoms with Crippen LogP contribution in [0.4, 0.5) is 8.78 Å². The summed E-state index contributed by atoms with van der Waals surface area (Å²) in [6.45, 7) is 0. The summed E-state index contributed by atoms with van der Waals surface area (Å²) in [6.07, 6.45) is 3.59. The maximum Gasteiger partial charge on any atom is 0.417 e. The van der Waals surface area contributed by atoms with Crippen molar-refractivity contribution in [1.82, 2.24) is 0 Å². The summed E-state index contributed by atoms with van der Waals surface area (Å²) in [5.74, 6) is -1.00. The summed E-state index contributed by atoms with van der Waals surface area (Å²) in [7, 11) is 0. The van der Waals surface area contributed by atoms with Crippen molar-refractivity contribution in [2.24, 2.45) is 11.8 Å². The average Bonchev–Trinajstić information content (AvgIpc) is 2.90. The molecule has 0 heterocycles. The van der Waals surface area contributed by atoms with Crippen LogP contribution in [0.25, 0.3) is 0 Å². The Kier molecular flexibility index (Phi) is 2.41. The number of ether oxygens (including phenoxy) is 1. The van der Waals surface area contributed by atoms with Gasteiger partial charge in [-0.25, -0.2) is 4.79 Å². The average molecular weight is 225 g/mol. The lowest BCUT2D eigenvalue weighted by Gasteiger charge is -2.18. The lowest BCUT2D eigenvalue weighted by atomic mass is 10.1. The smallest absolute Gasteiger partial charge is 0.417 e. The molecule has 0 aromatic carbocycles. The van der Waals surface area contributed by atoms with Gasteiger partial charge in [0.25, 0.3) is 0 Å². The molecule has 0 saturated heterocycles. The monoisotopic (exact) mass is 224 g/mol. The van der Waals surface area contributed by atoms with Gasteiger partial charge in [-0.3, -0.25) is 0 Å². The first-order valence-corrected chi connectivity index (χ1v) is 5.14. The van der Waals surface area contributed by atoms with Gasteiger partial charge >= 0.3 is 11.4 Å². The zero-order valence-electron chi connectivity index (χ0n) is 7.51. The van der Waals surface area contributed by atoms with Crippen LogP contribution >= 0.6 is 11.6 Å². The molecule has 0 bridgehead atoms. The highest BCUT2D eigenvalue weighted by Crippen LogP contribution is 2.46. The van der Waals surface area contributed by atoms with E-state index >= 15 is 0 Å². The van der Waals surface area contributed by atoms with Gasteiger partial charge in [0.05, 0.1) is 0 Å². The highest BCUT2D eigenvalue weighted by molar-refractivity contribution is 6.31. The molecule has 2 saturated carbocycles. The van der Waals surface area contributed by atoms with E-state index in [9.17, 15) is 13.6 Å². The predicted octanol–water partition coefficient (Wildman–Crippen LogP) is 2.55. The zero-order valence-corrected chi connectivity index (χ0v) is 8.27. The molecule has 14 heavy (non-hydrogen) atoms. The van der Waals surface area contributed by atoms with Crippen LogP contribution in [-0.4, -0.2) is 17.5 Å². The topological polar surface area (TPSA) is 26.3 Å². The molecule has 0 aromatic heterocycles. The molecule has 5 heteroatoms. The number of esters is 1. The van der Waals surface area contributed by atoms with E-state index in [0.717, 1.165) is 25.7 Å². The maximum atomic E-state index is 12.3. The van der Waals surface area contributed by atoms with E-state index in [0.29, 0.717) is 11.8 Å². The Morgan fingerprint density at radius 3 is 2.00 bits per heavy atom. The van der Waals surface area contributed by atoms with Crippen LogP contribution in [-0.2, 0) is 9.53 Å². The van der Waals surface area contributed by atoms with E-state index in [1.807, 2.05) is 0 Å². The second-order valence-electron chi connectivity index (χ2n) is 4.04. The number of carbonyl (C=O) groups is 1. The van der Waals surface area contributed by atoms with Crippen LogP contribution in [0, 0.1) is 11.8 Å². The highest BCUT2D eigenvalue weighted by atomic mass is 35.5. The quantitative estimate of drug-likeness (QED) is 0.542. The largest absolute Gasteiger partial charge is 0.456 e. The van der Waals surface area contributed by atoms with Gasteiger partial charge in [0, 0.05) is 0 Å².